The quantitative estimate of drug-likeness (QED) is 0.497. The van der Waals surface area contributed by atoms with Crippen LogP contribution in [0.25, 0.3) is 0 Å². The highest BCUT2D eigenvalue weighted by molar-refractivity contribution is 14.0. The lowest BCUT2D eigenvalue weighted by Gasteiger charge is -2.13. The maximum Gasteiger partial charge on any atom is 0.191 e. The van der Waals surface area contributed by atoms with Crippen molar-refractivity contribution in [2.45, 2.75) is 33.4 Å². The maximum absolute atomic E-state index is 4.20. The summed E-state index contributed by atoms with van der Waals surface area (Å²) in [5.74, 6) is 0.831. The molecule has 1 aromatic rings. The Morgan fingerprint density at radius 3 is 2.69 bits per heavy atom. The van der Waals surface area contributed by atoms with Gasteiger partial charge in [-0.15, -0.1) is 35.3 Å². The molecule has 1 heterocycles. The Labute approximate surface area is 118 Å². The Morgan fingerprint density at radius 2 is 2.25 bits per heavy atom. The molecule has 0 aromatic carbocycles. The molecule has 0 radical (unpaired) electrons. The summed E-state index contributed by atoms with van der Waals surface area (Å²) in [5, 5.41) is 6.49. The summed E-state index contributed by atoms with van der Waals surface area (Å²) in [6.45, 7) is 6.98. The Kier molecular flexibility index (Phi) is 7.65. The standard InChI is InChI=1S/C10H18N4S.HI/c1-7(2)14-10(11-4)12-5-9-8(3)13-6-15-9;/h6-7H,5H2,1-4H3,(H2,11,12,14);1H. The van der Waals surface area contributed by atoms with Crippen molar-refractivity contribution in [3.05, 3.63) is 16.1 Å². The predicted molar refractivity (Wildman–Crippen MR) is 80.7 cm³/mol. The van der Waals surface area contributed by atoms with Crippen LogP contribution in [0, 0.1) is 6.92 Å². The molecule has 0 aliphatic carbocycles. The second kappa shape index (κ2) is 7.83. The predicted octanol–water partition coefficient (Wildman–Crippen LogP) is 2.14. The lowest BCUT2D eigenvalue weighted by atomic mass is 10.4. The average Bonchev–Trinajstić information content (AvgIpc) is 2.58. The molecular weight excluding hydrogens is 335 g/mol. The zero-order valence-electron chi connectivity index (χ0n) is 10.1. The van der Waals surface area contributed by atoms with Crippen LogP contribution in [0.5, 0.6) is 0 Å². The van der Waals surface area contributed by atoms with Crippen LogP contribution in [-0.4, -0.2) is 24.0 Å². The van der Waals surface area contributed by atoms with Crippen LogP contribution < -0.4 is 10.6 Å². The number of halogens is 1. The van der Waals surface area contributed by atoms with Crippen molar-refractivity contribution >= 4 is 41.3 Å². The average molecular weight is 354 g/mol. The number of aryl methyl sites for hydroxylation is 1. The van der Waals surface area contributed by atoms with Crippen molar-refractivity contribution in [2.75, 3.05) is 7.05 Å². The van der Waals surface area contributed by atoms with Crippen LogP contribution in [0.2, 0.25) is 0 Å². The van der Waals surface area contributed by atoms with E-state index in [4.69, 9.17) is 0 Å². The summed E-state index contributed by atoms with van der Waals surface area (Å²) in [6.07, 6.45) is 0. The molecule has 16 heavy (non-hydrogen) atoms. The number of aromatic nitrogens is 1. The van der Waals surface area contributed by atoms with E-state index in [-0.39, 0.29) is 24.0 Å². The van der Waals surface area contributed by atoms with Gasteiger partial charge in [0.15, 0.2) is 5.96 Å². The molecule has 1 rings (SSSR count). The third-order valence-electron chi connectivity index (χ3n) is 1.91. The topological polar surface area (TPSA) is 49.3 Å². The summed E-state index contributed by atoms with van der Waals surface area (Å²) in [7, 11) is 1.78. The molecule has 92 valence electrons. The molecule has 0 spiro atoms. The molecule has 0 unspecified atom stereocenters. The molecule has 0 saturated heterocycles. The third-order valence-corrected chi connectivity index (χ3v) is 2.85. The number of guanidine groups is 1. The first-order valence-electron chi connectivity index (χ1n) is 4.99. The van der Waals surface area contributed by atoms with Gasteiger partial charge in [-0.25, -0.2) is 4.98 Å². The smallest absolute Gasteiger partial charge is 0.191 e. The van der Waals surface area contributed by atoms with Crippen LogP contribution in [0.15, 0.2) is 10.5 Å². The highest BCUT2D eigenvalue weighted by Crippen LogP contribution is 2.10. The molecule has 0 amide bonds. The van der Waals surface area contributed by atoms with Crippen LogP contribution in [0.4, 0.5) is 0 Å². The molecular formula is C10H19IN4S. The Hall–Kier alpha value is -0.370. The van der Waals surface area contributed by atoms with Gasteiger partial charge in [0.05, 0.1) is 17.7 Å². The molecule has 0 bridgehead atoms. The first-order valence-corrected chi connectivity index (χ1v) is 5.87. The fraction of sp³-hybridized carbons (Fsp3) is 0.600. The van der Waals surface area contributed by atoms with E-state index in [1.807, 2.05) is 12.4 Å². The van der Waals surface area contributed by atoms with E-state index in [2.05, 4.69) is 34.5 Å². The Bertz CT molecular complexity index is 335. The van der Waals surface area contributed by atoms with Crippen molar-refractivity contribution < 1.29 is 0 Å². The molecule has 0 aliphatic rings. The van der Waals surface area contributed by atoms with E-state index < -0.39 is 0 Å². The summed E-state index contributed by atoms with van der Waals surface area (Å²) in [6, 6.07) is 0.388. The van der Waals surface area contributed by atoms with Crippen LogP contribution in [0.1, 0.15) is 24.4 Å². The first-order chi connectivity index (χ1) is 7.13. The van der Waals surface area contributed by atoms with E-state index in [1.54, 1.807) is 18.4 Å². The fourth-order valence-electron chi connectivity index (χ4n) is 1.13. The van der Waals surface area contributed by atoms with Gasteiger partial charge in [0, 0.05) is 18.0 Å². The van der Waals surface area contributed by atoms with Gasteiger partial charge in [-0.1, -0.05) is 0 Å². The monoisotopic (exact) mass is 354 g/mol. The summed E-state index contributed by atoms with van der Waals surface area (Å²) < 4.78 is 0. The van der Waals surface area contributed by atoms with E-state index in [1.165, 1.54) is 4.88 Å². The zero-order chi connectivity index (χ0) is 11.3. The van der Waals surface area contributed by atoms with Gasteiger partial charge < -0.3 is 10.6 Å². The molecule has 0 aliphatic heterocycles. The van der Waals surface area contributed by atoms with Gasteiger partial charge in [0.1, 0.15) is 0 Å². The second-order valence-electron chi connectivity index (χ2n) is 3.59. The van der Waals surface area contributed by atoms with E-state index >= 15 is 0 Å². The van der Waals surface area contributed by atoms with Crippen molar-refractivity contribution in [3.8, 4) is 0 Å². The number of nitrogens with zero attached hydrogens (tertiary/aromatic N) is 2. The number of nitrogens with one attached hydrogen (secondary N) is 2. The Morgan fingerprint density at radius 1 is 1.56 bits per heavy atom. The second-order valence-corrected chi connectivity index (χ2v) is 4.53. The largest absolute Gasteiger partial charge is 0.354 e. The molecule has 0 fully saturated rings. The number of hydrogen-bond donors (Lipinski definition) is 2. The molecule has 0 saturated carbocycles. The highest BCUT2D eigenvalue weighted by atomic mass is 127. The van der Waals surface area contributed by atoms with E-state index in [0.717, 1.165) is 18.2 Å². The fourth-order valence-corrected chi connectivity index (χ4v) is 1.84. The molecule has 2 N–H and O–H groups in total. The van der Waals surface area contributed by atoms with Crippen LogP contribution >= 0.6 is 35.3 Å². The summed E-state index contributed by atoms with van der Waals surface area (Å²) in [4.78, 5) is 9.59. The lowest BCUT2D eigenvalue weighted by molar-refractivity contribution is 0.700. The van der Waals surface area contributed by atoms with Crippen LogP contribution in [-0.2, 0) is 6.54 Å². The van der Waals surface area contributed by atoms with Crippen molar-refractivity contribution in [3.63, 3.8) is 0 Å². The van der Waals surface area contributed by atoms with Gasteiger partial charge in [0.2, 0.25) is 0 Å². The first kappa shape index (κ1) is 15.6. The third kappa shape index (κ3) is 5.11. The molecule has 4 nitrogen and oxygen atoms in total. The van der Waals surface area contributed by atoms with Gasteiger partial charge in [-0.05, 0) is 20.8 Å². The SMILES string of the molecule is CN=C(NCc1scnc1C)NC(C)C.I. The lowest BCUT2D eigenvalue weighted by Crippen LogP contribution is -2.40. The number of hydrogen-bond acceptors (Lipinski definition) is 3. The van der Waals surface area contributed by atoms with Gasteiger partial charge >= 0.3 is 0 Å². The number of rotatable bonds is 3. The van der Waals surface area contributed by atoms with Gasteiger partial charge in [-0.2, -0.15) is 0 Å². The Balaban J connectivity index is 0.00000225. The maximum atomic E-state index is 4.20. The van der Waals surface area contributed by atoms with Gasteiger partial charge in [0.25, 0.3) is 0 Å². The zero-order valence-corrected chi connectivity index (χ0v) is 13.2. The van der Waals surface area contributed by atoms with Crippen molar-refractivity contribution in [1.82, 2.24) is 15.6 Å². The van der Waals surface area contributed by atoms with Crippen LogP contribution in [0.3, 0.4) is 0 Å². The minimum atomic E-state index is 0. The molecule has 1 aromatic heterocycles. The molecule has 0 atom stereocenters. The summed E-state index contributed by atoms with van der Waals surface area (Å²) >= 11 is 1.66. The number of thiazole rings is 1. The van der Waals surface area contributed by atoms with E-state index in [9.17, 15) is 0 Å². The minimum Gasteiger partial charge on any atom is -0.354 e. The van der Waals surface area contributed by atoms with E-state index in [0.29, 0.717) is 6.04 Å². The van der Waals surface area contributed by atoms with Crippen molar-refractivity contribution in [2.24, 2.45) is 4.99 Å². The normalized spacial score (nSPS) is 11.2. The van der Waals surface area contributed by atoms with Gasteiger partial charge in [-0.3, -0.25) is 4.99 Å². The minimum absolute atomic E-state index is 0. The summed E-state index contributed by atoms with van der Waals surface area (Å²) in [5.41, 5.74) is 2.96. The number of aliphatic imine (C=N–C) groups is 1. The molecule has 6 heteroatoms. The van der Waals surface area contributed by atoms with Crippen molar-refractivity contribution in [1.29, 1.82) is 0 Å². The highest BCUT2D eigenvalue weighted by Gasteiger charge is 2.03.